The van der Waals surface area contributed by atoms with Gasteiger partial charge in [-0.25, -0.2) is 0 Å². The second-order valence-corrected chi connectivity index (χ2v) is 5.08. The number of hydrogen-bond donors (Lipinski definition) is 1. The lowest BCUT2D eigenvalue weighted by Gasteiger charge is -2.32. The molecule has 0 bridgehead atoms. The normalized spacial score (nSPS) is 19.0. The van der Waals surface area contributed by atoms with Gasteiger partial charge in [0.05, 0.1) is 10.8 Å². The van der Waals surface area contributed by atoms with Crippen LogP contribution in [0.25, 0.3) is 0 Å². The molecule has 1 aliphatic heterocycles. The van der Waals surface area contributed by atoms with E-state index in [4.69, 9.17) is 5.11 Å². The number of aliphatic carboxylic acids is 1. The third-order valence-corrected chi connectivity index (χ3v) is 3.62. The van der Waals surface area contributed by atoms with Gasteiger partial charge >= 0.3 is 12.1 Å². The van der Waals surface area contributed by atoms with Gasteiger partial charge in [0.25, 0.3) is 5.69 Å². The summed E-state index contributed by atoms with van der Waals surface area (Å²) in [5.74, 6) is -1.65. The van der Waals surface area contributed by atoms with Gasteiger partial charge in [-0.3, -0.25) is 14.9 Å². The van der Waals surface area contributed by atoms with Crippen molar-refractivity contribution in [3.8, 4) is 0 Å². The first kappa shape index (κ1) is 16.1. The lowest BCUT2D eigenvalue weighted by molar-refractivity contribution is -0.388. The fourth-order valence-electron chi connectivity index (χ4n) is 2.52. The monoisotopic (exact) mass is 318 g/mol. The molecule has 22 heavy (non-hydrogen) atoms. The van der Waals surface area contributed by atoms with E-state index < -0.39 is 34.2 Å². The van der Waals surface area contributed by atoms with Gasteiger partial charge in [0.15, 0.2) is 0 Å². The fourth-order valence-corrected chi connectivity index (χ4v) is 2.52. The van der Waals surface area contributed by atoms with Crippen LogP contribution in [0.5, 0.6) is 0 Å². The highest BCUT2D eigenvalue weighted by Crippen LogP contribution is 2.38. The Morgan fingerprint density at radius 2 is 2.09 bits per heavy atom. The highest BCUT2D eigenvalue weighted by molar-refractivity contribution is 5.71. The standard InChI is InChI=1S/C13H13F3N2O4/c14-13(15,16)10-6-9(3-4-11(10)18(21)22)17-5-1-2-8(7-17)12(19)20/h3-4,6,8H,1-2,5,7H2,(H,19,20)/t8-/m1/s1. The van der Waals surface area contributed by atoms with Crippen LogP contribution in [0.4, 0.5) is 24.5 Å². The Balaban J connectivity index is 2.36. The molecular formula is C13H13F3N2O4. The van der Waals surface area contributed by atoms with E-state index in [1.165, 1.54) is 11.0 Å². The zero-order valence-corrected chi connectivity index (χ0v) is 11.3. The molecule has 1 N–H and O–H groups in total. The fraction of sp³-hybridized carbons (Fsp3) is 0.462. The number of nitro benzene ring substituents is 1. The van der Waals surface area contributed by atoms with Gasteiger partial charge in [0.2, 0.25) is 0 Å². The van der Waals surface area contributed by atoms with Crippen LogP contribution in [0.3, 0.4) is 0 Å². The number of rotatable bonds is 3. The van der Waals surface area contributed by atoms with E-state index in [-0.39, 0.29) is 12.2 Å². The van der Waals surface area contributed by atoms with Crippen molar-refractivity contribution in [2.24, 2.45) is 5.92 Å². The summed E-state index contributed by atoms with van der Waals surface area (Å²) in [4.78, 5) is 22.2. The Kier molecular flexibility index (Phi) is 4.25. The number of carbonyl (C=O) groups is 1. The molecule has 0 saturated carbocycles. The molecule has 1 aliphatic rings. The SMILES string of the molecule is O=C(O)[C@@H]1CCCN(c2ccc([N+](=O)[O-])c(C(F)(F)F)c2)C1. The average molecular weight is 318 g/mol. The summed E-state index contributed by atoms with van der Waals surface area (Å²) in [6, 6.07) is 2.74. The van der Waals surface area contributed by atoms with E-state index in [9.17, 15) is 28.1 Å². The molecule has 0 spiro atoms. The second-order valence-electron chi connectivity index (χ2n) is 5.08. The van der Waals surface area contributed by atoms with Crippen LogP contribution in [0.1, 0.15) is 18.4 Å². The molecule has 1 atom stereocenters. The maximum atomic E-state index is 12.9. The number of alkyl halides is 3. The van der Waals surface area contributed by atoms with Gasteiger partial charge in [0.1, 0.15) is 5.56 Å². The van der Waals surface area contributed by atoms with E-state index in [1.54, 1.807) is 0 Å². The number of carboxylic acid groups (broad SMARTS) is 1. The van der Waals surface area contributed by atoms with Crippen LogP contribution in [0.15, 0.2) is 18.2 Å². The van der Waals surface area contributed by atoms with Gasteiger partial charge in [-0.1, -0.05) is 0 Å². The number of piperidine rings is 1. The van der Waals surface area contributed by atoms with Gasteiger partial charge in [-0.15, -0.1) is 0 Å². The number of anilines is 1. The van der Waals surface area contributed by atoms with E-state index in [0.29, 0.717) is 25.5 Å². The molecule has 0 radical (unpaired) electrons. The van der Waals surface area contributed by atoms with Gasteiger partial charge in [0, 0.05) is 24.8 Å². The molecule has 9 heteroatoms. The Morgan fingerprint density at radius 1 is 1.41 bits per heavy atom. The molecule has 1 aromatic rings. The summed E-state index contributed by atoms with van der Waals surface area (Å²) in [5, 5.41) is 19.7. The lowest BCUT2D eigenvalue weighted by Crippen LogP contribution is -2.38. The molecule has 120 valence electrons. The quantitative estimate of drug-likeness (QED) is 0.684. The molecular weight excluding hydrogens is 305 g/mol. The smallest absolute Gasteiger partial charge is 0.423 e. The van der Waals surface area contributed by atoms with Crippen LogP contribution < -0.4 is 4.90 Å². The molecule has 1 aromatic carbocycles. The van der Waals surface area contributed by atoms with Gasteiger partial charge < -0.3 is 10.0 Å². The predicted molar refractivity (Wildman–Crippen MR) is 70.7 cm³/mol. The second kappa shape index (κ2) is 5.82. The lowest BCUT2D eigenvalue weighted by atomic mass is 9.97. The van der Waals surface area contributed by atoms with Crippen molar-refractivity contribution >= 4 is 17.3 Å². The molecule has 1 heterocycles. The third-order valence-electron chi connectivity index (χ3n) is 3.62. The van der Waals surface area contributed by atoms with Gasteiger partial charge in [-0.2, -0.15) is 13.2 Å². The summed E-state index contributed by atoms with van der Waals surface area (Å²) in [5.41, 5.74) is -2.20. The minimum atomic E-state index is -4.85. The Labute approximate surface area is 123 Å². The summed E-state index contributed by atoms with van der Waals surface area (Å²) >= 11 is 0. The zero-order chi connectivity index (χ0) is 16.5. The summed E-state index contributed by atoms with van der Waals surface area (Å²) < 4.78 is 38.8. The van der Waals surface area contributed by atoms with E-state index in [0.717, 1.165) is 6.07 Å². The number of nitro groups is 1. The van der Waals surface area contributed by atoms with Crippen LogP contribution in [0.2, 0.25) is 0 Å². The Morgan fingerprint density at radius 3 is 2.64 bits per heavy atom. The van der Waals surface area contributed by atoms with Crippen molar-refractivity contribution in [3.63, 3.8) is 0 Å². The van der Waals surface area contributed by atoms with Crippen molar-refractivity contribution in [1.82, 2.24) is 0 Å². The number of carboxylic acids is 1. The maximum absolute atomic E-state index is 12.9. The van der Waals surface area contributed by atoms with Crippen LogP contribution in [0, 0.1) is 16.0 Å². The number of hydrogen-bond acceptors (Lipinski definition) is 4. The topological polar surface area (TPSA) is 83.7 Å². The first-order valence-corrected chi connectivity index (χ1v) is 6.53. The van der Waals surface area contributed by atoms with Crippen molar-refractivity contribution in [2.45, 2.75) is 19.0 Å². The minimum Gasteiger partial charge on any atom is -0.481 e. The number of nitrogens with zero attached hydrogens (tertiary/aromatic N) is 2. The number of benzene rings is 1. The van der Waals surface area contributed by atoms with Crippen LogP contribution in [-0.2, 0) is 11.0 Å². The Bertz CT molecular complexity index is 603. The van der Waals surface area contributed by atoms with Gasteiger partial charge in [-0.05, 0) is 25.0 Å². The average Bonchev–Trinajstić information content (AvgIpc) is 2.45. The van der Waals surface area contributed by atoms with Crippen molar-refractivity contribution in [3.05, 3.63) is 33.9 Å². The summed E-state index contributed by atoms with van der Waals surface area (Å²) in [6.07, 6.45) is -3.85. The largest absolute Gasteiger partial charge is 0.481 e. The Hall–Kier alpha value is -2.32. The molecule has 1 saturated heterocycles. The minimum absolute atomic E-state index is 0.0877. The first-order valence-electron chi connectivity index (χ1n) is 6.53. The molecule has 2 rings (SSSR count). The molecule has 1 fully saturated rings. The predicted octanol–water partition coefficient (Wildman–Crippen LogP) is 2.91. The molecule has 0 unspecified atom stereocenters. The molecule has 0 amide bonds. The van der Waals surface area contributed by atoms with Crippen molar-refractivity contribution < 1.29 is 28.0 Å². The molecule has 0 aromatic heterocycles. The van der Waals surface area contributed by atoms with Crippen LogP contribution >= 0.6 is 0 Å². The third kappa shape index (κ3) is 3.29. The number of halogens is 3. The zero-order valence-electron chi connectivity index (χ0n) is 11.3. The molecule has 6 nitrogen and oxygen atoms in total. The van der Waals surface area contributed by atoms with E-state index in [1.807, 2.05) is 0 Å². The first-order chi connectivity index (χ1) is 10.2. The summed E-state index contributed by atoms with van der Waals surface area (Å²) in [6.45, 7) is 0.503. The highest BCUT2D eigenvalue weighted by atomic mass is 19.4. The van der Waals surface area contributed by atoms with Crippen molar-refractivity contribution in [2.75, 3.05) is 18.0 Å². The maximum Gasteiger partial charge on any atom is 0.423 e. The van der Waals surface area contributed by atoms with Crippen molar-refractivity contribution in [1.29, 1.82) is 0 Å². The van der Waals surface area contributed by atoms with E-state index >= 15 is 0 Å². The highest BCUT2D eigenvalue weighted by Gasteiger charge is 2.39. The van der Waals surface area contributed by atoms with Crippen LogP contribution in [-0.4, -0.2) is 29.1 Å². The van der Waals surface area contributed by atoms with E-state index in [2.05, 4.69) is 0 Å². The summed E-state index contributed by atoms with van der Waals surface area (Å²) in [7, 11) is 0. The molecule has 0 aliphatic carbocycles.